The van der Waals surface area contributed by atoms with Gasteiger partial charge in [-0.05, 0) is 41.2 Å². The predicted octanol–water partition coefficient (Wildman–Crippen LogP) is 3.90. The molecule has 0 aromatic heterocycles. The summed E-state index contributed by atoms with van der Waals surface area (Å²) >= 11 is 16.4. The number of halogens is 2. The van der Waals surface area contributed by atoms with E-state index in [-0.39, 0.29) is 0 Å². The molecular weight excluding hydrogens is 234 g/mol. The minimum absolute atomic E-state index is 0.618. The lowest BCUT2D eigenvalue weighted by Crippen LogP contribution is -1.83. The van der Waals surface area contributed by atoms with Gasteiger partial charge in [-0.1, -0.05) is 17.7 Å². The molecule has 0 amide bonds. The van der Waals surface area contributed by atoms with Crippen molar-refractivity contribution >= 4 is 40.3 Å². The van der Waals surface area contributed by atoms with Gasteiger partial charge in [0.2, 0.25) is 0 Å². The second kappa shape index (κ2) is 3.97. The lowest BCUT2D eigenvalue weighted by atomic mass is 10.3. The van der Waals surface area contributed by atoms with E-state index in [1.165, 1.54) is 0 Å². The smallest absolute Gasteiger partial charge is 0.196 e. The number of hydrogen-bond donors (Lipinski definition) is 0. The standard InChI is InChI=1S/C7H7Cl2OPS/c1-11(9,12)10-7-4-2-3-6(8)5-7/h2-5H,1H3. The summed E-state index contributed by atoms with van der Waals surface area (Å²) in [7, 11) is 0. The van der Waals surface area contributed by atoms with Gasteiger partial charge in [-0.25, -0.2) is 0 Å². The van der Waals surface area contributed by atoms with Crippen LogP contribution in [0.2, 0.25) is 5.02 Å². The minimum atomic E-state index is -2.16. The van der Waals surface area contributed by atoms with Crippen molar-refractivity contribution in [3.05, 3.63) is 29.3 Å². The summed E-state index contributed by atoms with van der Waals surface area (Å²) in [5.74, 6) is 0.628. The molecular formula is C7H7Cl2OPS. The Labute approximate surface area is 86.5 Å². The first-order valence-corrected chi connectivity index (χ1v) is 7.65. The maximum absolute atomic E-state index is 5.78. The van der Waals surface area contributed by atoms with Crippen LogP contribution in [0.4, 0.5) is 0 Å². The molecule has 66 valence electrons. The zero-order valence-electron chi connectivity index (χ0n) is 6.33. The molecule has 0 saturated heterocycles. The summed E-state index contributed by atoms with van der Waals surface area (Å²) in [4.78, 5) is 0. The molecule has 0 N–H and O–H groups in total. The van der Waals surface area contributed by atoms with Crippen LogP contribution >= 0.6 is 28.5 Å². The number of rotatable bonds is 2. The highest BCUT2D eigenvalue weighted by atomic mass is 35.7. The number of hydrogen-bond acceptors (Lipinski definition) is 2. The van der Waals surface area contributed by atoms with Crippen molar-refractivity contribution in [2.45, 2.75) is 0 Å². The summed E-state index contributed by atoms with van der Waals surface area (Å²) in [5.41, 5.74) is -2.16. The van der Waals surface area contributed by atoms with E-state index < -0.39 is 5.62 Å². The first-order chi connectivity index (χ1) is 5.47. The first-order valence-electron chi connectivity index (χ1n) is 3.20. The third-order valence-electron chi connectivity index (χ3n) is 1.06. The normalized spacial score (nSPS) is 15.2. The molecule has 0 bridgehead atoms. The van der Waals surface area contributed by atoms with Gasteiger partial charge in [0.05, 0.1) is 0 Å². The van der Waals surface area contributed by atoms with Crippen LogP contribution < -0.4 is 4.52 Å². The predicted molar refractivity (Wildman–Crippen MR) is 58.1 cm³/mol. The largest absolute Gasteiger partial charge is 0.453 e. The van der Waals surface area contributed by atoms with E-state index in [2.05, 4.69) is 0 Å². The topological polar surface area (TPSA) is 9.23 Å². The second-order valence-electron chi connectivity index (χ2n) is 2.30. The molecule has 5 heteroatoms. The third kappa shape index (κ3) is 3.77. The van der Waals surface area contributed by atoms with Crippen LogP contribution in [0.1, 0.15) is 0 Å². The quantitative estimate of drug-likeness (QED) is 0.726. The molecule has 0 aliphatic carbocycles. The van der Waals surface area contributed by atoms with Gasteiger partial charge in [-0.3, -0.25) is 0 Å². The molecule has 1 aromatic rings. The molecule has 12 heavy (non-hydrogen) atoms. The van der Waals surface area contributed by atoms with Gasteiger partial charge in [-0.2, -0.15) is 0 Å². The molecule has 0 spiro atoms. The van der Waals surface area contributed by atoms with E-state index in [0.29, 0.717) is 10.8 Å². The summed E-state index contributed by atoms with van der Waals surface area (Å²) in [6, 6.07) is 7.02. The molecule has 0 fully saturated rings. The van der Waals surface area contributed by atoms with Crippen LogP contribution in [0.5, 0.6) is 5.75 Å². The lowest BCUT2D eigenvalue weighted by molar-refractivity contribution is 0.629. The Bertz CT molecular complexity index is 323. The van der Waals surface area contributed by atoms with Gasteiger partial charge in [-0.15, -0.1) is 0 Å². The van der Waals surface area contributed by atoms with Gasteiger partial charge in [0.25, 0.3) is 0 Å². The average molecular weight is 241 g/mol. The Morgan fingerprint density at radius 2 is 2.17 bits per heavy atom. The van der Waals surface area contributed by atoms with Crippen LogP contribution in [0.3, 0.4) is 0 Å². The summed E-state index contributed by atoms with van der Waals surface area (Å²) in [6.07, 6.45) is 0. The molecule has 0 radical (unpaired) electrons. The lowest BCUT2D eigenvalue weighted by Gasteiger charge is -2.10. The van der Waals surface area contributed by atoms with Crippen molar-refractivity contribution < 1.29 is 4.52 Å². The van der Waals surface area contributed by atoms with Crippen LogP contribution in [0.25, 0.3) is 0 Å². The molecule has 0 saturated carbocycles. The maximum atomic E-state index is 5.78. The number of benzene rings is 1. The van der Waals surface area contributed by atoms with Crippen LogP contribution in [0.15, 0.2) is 24.3 Å². The van der Waals surface area contributed by atoms with Crippen molar-refractivity contribution in [1.82, 2.24) is 0 Å². The fourth-order valence-electron chi connectivity index (χ4n) is 0.712. The monoisotopic (exact) mass is 240 g/mol. The van der Waals surface area contributed by atoms with Gasteiger partial charge < -0.3 is 4.52 Å². The van der Waals surface area contributed by atoms with E-state index in [0.717, 1.165) is 0 Å². The zero-order valence-corrected chi connectivity index (χ0v) is 9.55. The van der Waals surface area contributed by atoms with Crippen molar-refractivity contribution in [2.75, 3.05) is 6.66 Å². The SMILES string of the molecule is CP(=S)(Cl)Oc1cccc(Cl)c1. The molecule has 1 aromatic carbocycles. The van der Waals surface area contributed by atoms with E-state index in [1.54, 1.807) is 30.9 Å². The fourth-order valence-corrected chi connectivity index (χ4v) is 1.88. The molecule has 1 atom stereocenters. The molecule has 0 aliphatic rings. The highest BCUT2D eigenvalue weighted by molar-refractivity contribution is 8.24. The third-order valence-corrected chi connectivity index (χ3v) is 2.27. The Morgan fingerprint density at radius 1 is 1.50 bits per heavy atom. The maximum Gasteiger partial charge on any atom is 0.196 e. The zero-order chi connectivity index (χ0) is 9.19. The Morgan fingerprint density at radius 3 is 2.67 bits per heavy atom. The Kier molecular flexibility index (Phi) is 3.42. The van der Waals surface area contributed by atoms with Gasteiger partial charge >= 0.3 is 0 Å². The molecule has 1 nitrogen and oxygen atoms in total. The first kappa shape index (κ1) is 10.3. The highest BCUT2D eigenvalue weighted by Gasteiger charge is 2.06. The van der Waals surface area contributed by atoms with E-state index in [1.807, 2.05) is 0 Å². The Balaban J connectivity index is 2.84. The van der Waals surface area contributed by atoms with E-state index in [9.17, 15) is 0 Å². The highest BCUT2D eigenvalue weighted by Crippen LogP contribution is 2.48. The molecule has 1 rings (SSSR count). The molecule has 1 unspecified atom stereocenters. The summed E-state index contributed by atoms with van der Waals surface area (Å²) in [5, 5.41) is 0.618. The molecule has 0 aliphatic heterocycles. The van der Waals surface area contributed by atoms with Gasteiger partial charge in [0.15, 0.2) is 5.62 Å². The van der Waals surface area contributed by atoms with E-state index >= 15 is 0 Å². The summed E-state index contributed by atoms with van der Waals surface area (Å²) in [6.45, 7) is 1.70. The average Bonchev–Trinajstić information content (AvgIpc) is 1.82. The van der Waals surface area contributed by atoms with Crippen molar-refractivity contribution in [3.63, 3.8) is 0 Å². The minimum Gasteiger partial charge on any atom is -0.453 e. The van der Waals surface area contributed by atoms with E-state index in [4.69, 9.17) is 39.2 Å². The van der Waals surface area contributed by atoms with Gasteiger partial charge in [0, 0.05) is 11.7 Å². The van der Waals surface area contributed by atoms with Crippen molar-refractivity contribution in [2.24, 2.45) is 0 Å². The van der Waals surface area contributed by atoms with Crippen LogP contribution in [-0.4, -0.2) is 6.66 Å². The van der Waals surface area contributed by atoms with Crippen molar-refractivity contribution in [1.29, 1.82) is 0 Å². The molecule has 0 heterocycles. The van der Waals surface area contributed by atoms with Crippen molar-refractivity contribution in [3.8, 4) is 5.75 Å². The van der Waals surface area contributed by atoms with Crippen LogP contribution in [0, 0.1) is 0 Å². The second-order valence-corrected chi connectivity index (χ2v) is 9.03. The van der Waals surface area contributed by atoms with Gasteiger partial charge in [0.1, 0.15) is 5.75 Å². The van der Waals surface area contributed by atoms with Crippen LogP contribution in [-0.2, 0) is 11.8 Å². The Hall–Kier alpha value is 0.250. The summed E-state index contributed by atoms with van der Waals surface area (Å²) < 4.78 is 5.29. The fraction of sp³-hybridized carbons (Fsp3) is 0.143.